The van der Waals surface area contributed by atoms with Gasteiger partial charge in [-0.25, -0.2) is 22.7 Å². The standard InChI is InChI=1S/C31H38F2N2O6S/c1-40-20-18-35(16-3-9-31(36)34-37)17-5-21-42(38,39)28-13-11-27(12-14-28)41-19-4-7-24-6-2-8-25(22-24)29-15-10-26(32)23-30(29)33/h2,6,8,10-15,22-23,37H,3-5,7,9,16-21H2,1H3,(H,34,36). The molecule has 228 valence electrons. The number of hydrogen-bond donors (Lipinski definition) is 2. The van der Waals surface area contributed by atoms with Gasteiger partial charge in [-0.15, -0.1) is 0 Å². The van der Waals surface area contributed by atoms with Gasteiger partial charge in [-0.1, -0.05) is 24.3 Å². The van der Waals surface area contributed by atoms with E-state index in [1.54, 1.807) is 42.9 Å². The molecule has 0 radical (unpaired) electrons. The number of hydrogen-bond acceptors (Lipinski definition) is 7. The number of benzene rings is 3. The molecule has 0 saturated heterocycles. The van der Waals surface area contributed by atoms with Crippen LogP contribution in [0.15, 0.2) is 71.6 Å². The molecule has 42 heavy (non-hydrogen) atoms. The van der Waals surface area contributed by atoms with Crippen LogP contribution in [0.25, 0.3) is 11.1 Å². The van der Waals surface area contributed by atoms with E-state index in [2.05, 4.69) is 0 Å². The summed E-state index contributed by atoms with van der Waals surface area (Å²) in [7, 11) is -1.89. The molecule has 3 aromatic rings. The number of amides is 1. The van der Waals surface area contributed by atoms with Crippen LogP contribution in [0.3, 0.4) is 0 Å². The minimum atomic E-state index is -3.48. The number of nitrogens with zero attached hydrogens (tertiary/aromatic N) is 1. The van der Waals surface area contributed by atoms with Crippen LogP contribution in [0.1, 0.15) is 31.2 Å². The van der Waals surface area contributed by atoms with E-state index in [0.717, 1.165) is 11.6 Å². The van der Waals surface area contributed by atoms with Crippen molar-refractivity contribution in [1.29, 1.82) is 0 Å². The second-order valence-electron chi connectivity index (χ2n) is 9.89. The number of carbonyl (C=O) groups excluding carboxylic acids is 1. The first-order chi connectivity index (χ1) is 20.2. The van der Waals surface area contributed by atoms with Gasteiger partial charge < -0.3 is 14.4 Å². The van der Waals surface area contributed by atoms with Gasteiger partial charge in [0.15, 0.2) is 9.84 Å². The molecule has 2 N–H and O–H groups in total. The summed E-state index contributed by atoms with van der Waals surface area (Å²) in [5.41, 5.74) is 3.63. The highest BCUT2D eigenvalue weighted by Gasteiger charge is 2.16. The van der Waals surface area contributed by atoms with Crippen LogP contribution in [0.2, 0.25) is 0 Å². The van der Waals surface area contributed by atoms with Crippen LogP contribution < -0.4 is 10.2 Å². The van der Waals surface area contributed by atoms with Crippen LogP contribution in [0.4, 0.5) is 8.78 Å². The third kappa shape index (κ3) is 10.8. The Kier molecular flexibility index (Phi) is 13.3. The summed E-state index contributed by atoms with van der Waals surface area (Å²) in [5.74, 6) is -1.13. The maximum Gasteiger partial charge on any atom is 0.243 e. The highest BCUT2D eigenvalue weighted by atomic mass is 32.2. The zero-order chi connectivity index (χ0) is 30.4. The highest BCUT2D eigenvalue weighted by molar-refractivity contribution is 7.91. The Morgan fingerprint density at radius 2 is 1.69 bits per heavy atom. The van der Waals surface area contributed by atoms with E-state index in [1.807, 2.05) is 23.1 Å². The zero-order valence-electron chi connectivity index (χ0n) is 23.7. The number of methoxy groups -OCH3 is 1. The molecular formula is C31H38F2N2O6S. The largest absolute Gasteiger partial charge is 0.494 e. The minimum absolute atomic E-state index is 0.0191. The van der Waals surface area contributed by atoms with Gasteiger partial charge in [0.05, 0.1) is 23.9 Å². The summed E-state index contributed by atoms with van der Waals surface area (Å²) >= 11 is 0. The predicted octanol–water partition coefficient (Wildman–Crippen LogP) is 5.04. The Hall–Kier alpha value is -3.38. The van der Waals surface area contributed by atoms with Crippen molar-refractivity contribution in [1.82, 2.24) is 10.4 Å². The molecule has 0 aliphatic rings. The molecule has 3 aromatic carbocycles. The molecule has 0 aromatic heterocycles. The summed E-state index contributed by atoms with van der Waals surface area (Å²) in [5, 5.41) is 8.62. The summed E-state index contributed by atoms with van der Waals surface area (Å²) in [6.45, 7) is 2.64. The average Bonchev–Trinajstić information content (AvgIpc) is 2.98. The molecule has 0 heterocycles. The van der Waals surface area contributed by atoms with Crippen molar-refractivity contribution in [2.75, 3.05) is 45.7 Å². The molecule has 0 unspecified atom stereocenters. The van der Waals surface area contributed by atoms with Crippen molar-refractivity contribution in [2.24, 2.45) is 0 Å². The Morgan fingerprint density at radius 3 is 2.40 bits per heavy atom. The molecule has 0 aliphatic heterocycles. The summed E-state index contributed by atoms with van der Waals surface area (Å²) in [4.78, 5) is 13.5. The Morgan fingerprint density at radius 1 is 0.929 bits per heavy atom. The lowest BCUT2D eigenvalue weighted by atomic mass is 10.0. The van der Waals surface area contributed by atoms with Crippen molar-refractivity contribution in [2.45, 2.75) is 37.0 Å². The number of ether oxygens (including phenoxy) is 2. The van der Waals surface area contributed by atoms with Crippen molar-refractivity contribution < 1.29 is 36.7 Å². The fraction of sp³-hybridized carbons (Fsp3) is 0.387. The molecule has 0 saturated carbocycles. The summed E-state index contributed by atoms with van der Waals surface area (Å²) < 4.78 is 64.0. The Bertz CT molecular complexity index is 1390. The van der Waals surface area contributed by atoms with E-state index in [-0.39, 0.29) is 17.1 Å². The van der Waals surface area contributed by atoms with Crippen molar-refractivity contribution >= 4 is 15.7 Å². The fourth-order valence-electron chi connectivity index (χ4n) is 4.50. The lowest BCUT2D eigenvalue weighted by Gasteiger charge is -2.21. The molecule has 8 nitrogen and oxygen atoms in total. The van der Waals surface area contributed by atoms with E-state index in [9.17, 15) is 22.0 Å². The zero-order valence-corrected chi connectivity index (χ0v) is 24.5. The monoisotopic (exact) mass is 604 g/mol. The number of aryl methyl sites for hydroxylation is 1. The Labute approximate surface area is 246 Å². The lowest BCUT2D eigenvalue weighted by molar-refractivity contribution is -0.129. The smallest absolute Gasteiger partial charge is 0.243 e. The van der Waals surface area contributed by atoms with Gasteiger partial charge in [0.25, 0.3) is 0 Å². The molecule has 1 amide bonds. The number of carbonyl (C=O) groups is 1. The summed E-state index contributed by atoms with van der Waals surface area (Å²) in [6, 6.07) is 17.3. The van der Waals surface area contributed by atoms with Crippen LogP contribution >= 0.6 is 0 Å². The second kappa shape index (κ2) is 16.9. The number of nitrogens with one attached hydrogen (secondary N) is 1. The van der Waals surface area contributed by atoms with E-state index in [1.165, 1.54) is 12.1 Å². The fourth-order valence-corrected chi connectivity index (χ4v) is 5.79. The van der Waals surface area contributed by atoms with Gasteiger partial charge in [0, 0.05) is 31.7 Å². The van der Waals surface area contributed by atoms with Crippen LogP contribution in [0.5, 0.6) is 5.75 Å². The Balaban J connectivity index is 1.44. The SMILES string of the molecule is COCCN(CCCC(=O)NO)CCCS(=O)(=O)c1ccc(OCCCc2cccc(-c3ccc(F)cc3F)c2)cc1. The van der Waals surface area contributed by atoms with Crippen molar-refractivity contribution in [3.05, 3.63) is 83.9 Å². The van der Waals surface area contributed by atoms with Gasteiger partial charge in [0.2, 0.25) is 5.91 Å². The average molecular weight is 605 g/mol. The third-order valence-corrected chi connectivity index (χ3v) is 8.55. The highest BCUT2D eigenvalue weighted by Crippen LogP contribution is 2.25. The first-order valence-corrected chi connectivity index (χ1v) is 15.5. The van der Waals surface area contributed by atoms with Gasteiger partial charge in [-0.3, -0.25) is 10.0 Å². The van der Waals surface area contributed by atoms with Crippen LogP contribution in [-0.4, -0.2) is 70.1 Å². The second-order valence-corrected chi connectivity index (χ2v) is 12.0. The number of sulfone groups is 1. The molecule has 0 atom stereocenters. The van der Waals surface area contributed by atoms with E-state index >= 15 is 0 Å². The van der Waals surface area contributed by atoms with E-state index in [0.29, 0.717) is 75.4 Å². The molecule has 0 fully saturated rings. The first kappa shape index (κ1) is 33.1. The normalized spacial score (nSPS) is 11.5. The molecule has 11 heteroatoms. The summed E-state index contributed by atoms with van der Waals surface area (Å²) in [6.07, 6.45) is 2.52. The predicted molar refractivity (Wildman–Crippen MR) is 156 cm³/mol. The topological polar surface area (TPSA) is 105 Å². The van der Waals surface area contributed by atoms with Gasteiger partial charge in [-0.05, 0) is 86.3 Å². The molecular weight excluding hydrogens is 566 g/mol. The minimum Gasteiger partial charge on any atom is -0.494 e. The molecule has 0 spiro atoms. The first-order valence-electron chi connectivity index (χ1n) is 13.9. The molecule has 0 aliphatic carbocycles. The molecule has 0 bridgehead atoms. The van der Waals surface area contributed by atoms with Crippen LogP contribution in [-0.2, 0) is 25.8 Å². The lowest BCUT2D eigenvalue weighted by Crippen LogP contribution is -2.31. The number of rotatable bonds is 18. The van der Waals surface area contributed by atoms with Crippen LogP contribution in [0, 0.1) is 11.6 Å². The third-order valence-electron chi connectivity index (χ3n) is 6.73. The van der Waals surface area contributed by atoms with Crippen molar-refractivity contribution in [3.8, 4) is 16.9 Å². The maximum absolute atomic E-state index is 14.2. The number of halogens is 2. The van der Waals surface area contributed by atoms with E-state index in [4.69, 9.17) is 14.7 Å². The maximum atomic E-state index is 14.2. The van der Waals surface area contributed by atoms with Gasteiger partial charge in [0.1, 0.15) is 17.4 Å². The number of hydroxylamine groups is 1. The van der Waals surface area contributed by atoms with Gasteiger partial charge >= 0.3 is 0 Å². The van der Waals surface area contributed by atoms with Gasteiger partial charge in [-0.2, -0.15) is 0 Å². The molecule has 3 rings (SSSR count). The van der Waals surface area contributed by atoms with E-state index < -0.39 is 27.4 Å². The quantitative estimate of drug-likeness (QED) is 0.119. The van der Waals surface area contributed by atoms with Crippen molar-refractivity contribution in [3.63, 3.8) is 0 Å².